The molecule has 2 N–H and O–H groups in total. The minimum Gasteiger partial charge on any atom is -0.357 e. The van der Waals surface area contributed by atoms with E-state index < -0.39 is 0 Å². The van der Waals surface area contributed by atoms with Crippen molar-refractivity contribution in [3.63, 3.8) is 0 Å². The highest BCUT2D eigenvalue weighted by Gasteiger charge is 1.98. The van der Waals surface area contributed by atoms with Crippen LogP contribution in [-0.4, -0.2) is 56.4 Å². The third-order valence-electron chi connectivity index (χ3n) is 3.04. The fraction of sp³-hybridized carbons (Fsp3) is 0.562. The highest BCUT2D eigenvalue weighted by atomic mass is 127. The second-order valence-electron chi connectivity index (χ2n) is 4.74. The van der Waals surface area contributed by atoms with E-state index >= 15 is 0 Å². The third kappa shape index (κ3) is 10.3. The molecule has 1 aromatic carbocycles. The van der Waals surface area contributed by atoms with Crippen LogP contribution in [0.2, 0.25) is 0 Å². The first kappa shape index (κ1) is 21.5. The quantitative estimate of drug-likeness (QED) is 0.205. The van der Waals surface area contributed by atoms with Crippen molar-refractivity contribution in [3.8, 4) is 0 Å². The molecule has 4 nitrogen and oxygen atoms in total. The van der Waals surface area contributed by atoms with Crippen LogP contribution in [0.15, 0.2) is 40.2 Å². The molecule has 0 aromatic heterocycles. The van der Waals surface area contributed by atoms with Crippen LogP contribution in [0.3, 0.4) is 0 Å². The average Bonchev–Trinajstić information content (AvgIpc) is 2.52. The summed E-state index contributed by atoms with van der Waals surface area (Å²) in [5.41, 5.74) is 0. The van der Waals surface area contributed by atoms with Crippen LogP contribution in [0.25, 0.3) is 0 Å². The van der Waals surface area contributed by atoms with Gasteiger partial charge < -0.3 is 15.5 Å². The van der Waals surface area contributed by atoms with Gasteiger partial charge in [0.1, 0.15) is 0 Å². The monoisotopic (exact) mass is 436 g/mol. The smallest absolute Gasteiger partial charge is 0.191 e. The first-order chi connectivity index (χ1) is 10.3. The van der Waals surface area contributed by atoms with Gasteiger partial charge in [0.2, 0.25) is 0 Å². The lowest BCUT2D eigenvalue weighted by atomic mass is 10.4. The van der Waals surface area contributed by atoms with E-state index in [4.69, 9.17) is 0 Å². The highest BCUT2D eigenvalue weighted by molar-refractivity contribution is 14.0. The lowest BCUT2D eigenvalue weighted by Gasteiger charge is -2.14. The summed E-state index contributed by atoms with van der Waals surface area (Å²) in [6.07, 6.45) is 0. The van der Waals surface area contributed by atoms with Gasteiger partial charge in [0.15, 0.2) is 5.96 Å². The van der Waals surface area contributed by atoms with Crippen molar-refractivity contribution in [2.45, 2.75) is 18.7 Å². The standard InChI is InChI=1S/C16H28N4S.HI/c1-4-17-16(18-11-13-20(3)5-2)19-12-14-21-15-9-7-6-8-10-15;/h6-10H,4-5,11-14H2,1-3H3,(H2,17,18,19);1H. The van der Waals surface area contributed by atoms with Gasteiger partial charge >= 0.3 is 0 Å². The number of nitrogens with zero attached hydrogens (tertiary/aromatic N) is 2. The van der Waals surface area contributed by atoms with Crippen molar-refractivity contribution < 1.29 is 0 Å². The SMILES string of the molecule is CCNC(=NCCN(C)CC)NCCSc1ccccc1.I. The van der Waals surface area contributed by atoms with Crippen LogP contribution in [0.4, 0.5) is 0 Å². The minimum absolute atomic E-state index is 0. The zero-order chi connectivity index (χ0) is 15.3. The zero-order valence-corrected chi connectivity index (χ0v) is 17.0. The number of hydrogen-bond acceptors (Lipinski definition) is 3. The average molecular weight is 436 g/mol. The molecule has 0 spiro atoms. The molecule has 22 heavy (non-hydrogen) atoms. The molecule has 1 aromatic rings. The molecule has 0 bridgehead atoms. The van der Waals surface area contributed by atoms with Gasteiger partial charge in [-0.2, -0.15) is 0 Å². The molecule has 0 heterocycles. The van der Waals surface area contributed by atoms with Crippen LogP contribution in [0, 0.1) is 0 Å². The molecule has 0 amide bonds. The van der Waals surface area contributed by atoms with Crippen molar-refractivity contribution in [1.82, 2.24) is 15.5 Å². The van der Waals surface area contributed by atoms with Gasteiger partial charge in [-0.25, -0.2) is 0 Å². The second kappa shape index (κ2) is 14.1. The Morgan fingerprint density at radius 2 is 1.91 bits per heavy atom. The maximum absolute atomic E-state index is 4.59. The molecule has 0 aliphatic heterocycles. The van der Waals surface area contributed by atoms with E-state index in [1.54, 1.807) is 0 Å². The summed E-state index contributed by atoms with van der Waals surface area (Å²) in [5, 5.41) is 6.67. The number of rotatable bonds is 9. The van der Waals surface area contributed by atoms with Gasteiger partial charge in [0.05, 0.1) is 6.54 Å². The molecule has 0 saturated heterocycles. The number of benzene rings is 1. The Morgan fingerprint density at radius 1 is 1.18 bits per heavy atom. The molecule has 0 aliphatic rings. The number of thioether (sulfide) groups is 1. The van der Waals surface area contributed by atoms with Gasteiger partial charge in [0, 0.05) is 30.3 Å². The first-order valence-electron chi connectivity index (χ1n) is 7.64. The molecule has 0 saturated carbocycles. The fourth-order valence-corrected chi connectivity index (χ4v) is 2.48. The van der Waals surface area contributed by atoms with E-state index in [0.717, 1.165) is 44.4 Å². The summed E-state index contributed by atoms with van der Waals surface area (Å²) in [4.78, 5) is 8.16. The zero-order valence-electron chi connectivity index (χ0n) is 13.8. The normalized spacial score (nSPS) is 11.2. The summed E-state index contributed by atoms with van der Waals surface area (Å²) < 4.78 is 0. The molecule has 0 fully saturated rings. The predicted molar refractivity (Wildman–Crippen MR) is 110 cm³/mol. The van der Waals surface area contributed by atoms with E-state index in [9.17, 15) is 0 Å². The van der Waals surface area contributed by atoms with Crippen LogP contribution in [-0.2, 0) is 0 Å². The van der Waals surface area contributed by atoms with E-state index in [0.29, 0.717) is 0 Å². The summed E-state index contributed by atoms with van der Waals surface area (Å²) in [5.74, 6) is 1.94. The Morgan fingerprint density at radius 3 is 2.55 bits per heavy atom. The van der Waals surface area contributed by atoms with E-state index in [-0.39, 0.29) is 24.0 Å². The first-order valence-corrected chi connectivity index (χ1v) is 8.63. The fourth-order valence-electron chi connectivity index (χ4n) is 1.69. The molecular weight excluding hydrogens is 407 g/mol. The van der Waals surface area contributed by atoms with E-state index in [2.05, 4.69) is 65.7 Å². The van der Waals surface area contributed by atoms with Gasteiger partial charge in [0.25, 0.3) is 0 Å². The van der Waals surface area contributed by atoms with Crippen LogP contribution >= 0.6 is 35.7 Å². The lowest BCUT2D eigenvalue weighted by molar-refractivity contribution is 0.363. The number of nitrogens with one attached hydrogen (secondary N) is 2. The molecule has 126 valence electrons. The largest absolute Gasteiger partial charge is 0.357 e. The molecule has 6 heteroatoms. The van der Waals surface area contributed by atoms with Crippen LogP contribution in [0.5, 0.6) is 0 Å². The summed E-state index contributed by atoms with van der Waals surface area (Å²) in [6.45, 7) is 8.93. The highest BCUT2D eigenvalue weighted by Crippen LogP contribution is 2.15. The van der Waals surface area contributed by atoms with Crippen molar-refractivity contribution in [2.75, 3.05) is 45.5 Å². The molecule has 0 atom stereocenters. The Labute approximate surface area is 156 Å². The maximum atomic E-state index is 4.59. The molecule has 1 rings (SSSR count). The second-order valence-corrected chi connectivity index (χ2v) is 5.91. The summed E-state index contributed by atoms with van der Waals surface area (Å²) >= 11 is 1.86. The molecule has 0 unspecified atom stereocenters. The van der Waals surface area contributed by atoms with Crippen molar-refractivity contribution in [3.05, 3.63) is 30.3 Å². The van der Waals surface area contributed by atoms with Crippen molar-refractivity contribution in [1.29, 1.82) is 0 Å². The third-order valence-corrected chi connectivity index (χ3v) is 4.06. The predicted octanol–water partition coefficient (Wildman–Crippen LogP) is 2.90. The molecule has 0 aliphatic carbocycles. The lowest BCUT2D eigenvalue weighted by Crippen LogP contribution is -2.39. The van der Waals surface area contributed by atoms with Crippen LogP contribution < -0.4 is 10.6 Å². The van der Waals surface area contributed by atoms with E-state index in [1.807, 2.05) is 17.8 Å². The molecular formula is C16H29IN4S. The summed E-state index contributed by atoms with van der Waals surface area (Å²) in [6, 6.07) is 10.5. The Bertz CT molecular complexity index is 400. The number of guanidine groups is 1. The van der Waals surface area contributed by atoms with Gasteiger partial charge in [-0.3, -0.25) is 4.99 Å². The van der Waals surface area contributed by atoms with Crippen LogP contribution in [0.1, 0.15) is 13.8 Å². The van der Waals surface area contributed by atoms with E-state index in [1.165, 1.54) is 4.90 Å². The van der Waals surface area contributed by atoms with Gasteiger partial charge in [-0.1, -0.05) is 25.1 Å². The maximum Gasteiger partial charge on any atom is 0.191 e. The summed E-state index contributed by atoms with van der Waals surface area (Å²) in [7, 11) is 2.12. The number of likely N-dealkylation sites (N-methyl/N-ethyl adjacent to an activating group) is 1. The Kier molecular flexibility index (Phi) is 13.8. The van der Waals surface area contributed by atoms with Crippen molar-refractivity contribution in [2.24, 2.45) is 4.99 Å². The number of halogens is 1. The Balaban J connectivity index is 0.00000441. The topological polar surface area (TPSA) is 39.7 Å². The minimum atomic E-state index is 0. The Hall–Kier alpha value is -0.470. The van der Waals surface area contributed by atoms with Gasteiger partial charge in [-0.15, -0.1) is 35.7 Å². The number of aliphatic imine (C=N–C) groups is 1. The van der Waals surface area contributed by atoms with Crippen molar-refractivity contribution >= 4 is 41.7 Å². The van der Waals surface area contributed by atoms with Gasteiger partial charge in [-0.05, 0) is 32.6 Å². The molecule has 0 radical (unpaired) electrons. The number of hydrogen-bond donors (Lipinski definition) is 2.